The first-order chi connectivity index (χ1) is 9.13. The summed E-state index contributed by atoms with van der Waals surface area (Å²) < 4.78 is 5.77. The third-order valence-corrected chi connectivity index (χ3v) is 3.88. The maximum absolute atomic E-state index is 5.77. The number of likely N-dealkylation sites (tertiary alicyclic amines) is 1. The molecule has 0 radical (unpaired) electrons. The molecule has 0 spiro atoms. The summed E-state index contributed by atoms with van der Waals surface area (Å²) in [5.74, 6) is 0. The molecule has 5 heteroatoms. The lowest BCUT2D eigenvalue weighted by Gasteiger charge is -2.24. The highest BCUT2D eigenvalue weighted by Gasteiger charge is 2.23. The molecule has 1 atom stereocenters. The lowest BCUT2D eigenvalue weighted by atomic mass is 10.2. The molecule has 0 bridgehead atoms. The van der Waals surface area contributed by atoms with Crippen molar-refractivity contribution in [1.82, 2.24) is 9.88 Å². The largest absolute Gasteiger partial charge is 0.423 e. The number of benzene rings is 1. The van der Waals surface area contributed by atoms with Crippen molar-refractivity contribution < 1.29 is 4.42 Å². The molecule has 2 N–H and O–H groups in total. The Morgan fingerprint density at radius 3 is 3.11 bits per heavy atom. The van der Waals surface area contributed by atoms with Crippen LogP contribution in [0.4, 0.5) is 11.7 Å². The van der Waals surface area contributed by atoms with E-state index in [4.69, 9.17) is 10.2 Å². The van der Waals surface area contributed by atoms with Gasteiger partial charge in [0, 0.05) is 31.4 Å². The Balaban J connectivity index is 1.79. The van der Waals surface area contributed by atoms with Crippen LogP contribution in [0.2, 0.25) is 0 Å². The van der Waals surface area contributed by atoms with Gasteiger partial charge in [-0.3, -0.25) is 0 Å². The lowest BCUT2D eigenvalue weighted by molar-refractivity contribution is 0.311. The number of nitrogens with zero attached hydrogens (tertiary/aromatic N) is 3. The van der Waals surface area contributed by atoms with Crippen LogP contribution in [0.3, 0.4) is 0 Å². The van der Waals surface area contributed by atoms with Gasteiger partial charge < -0.3 is 20.0 Å². The maximum Gasteiger partial charge on any atom is 0.298 e. The predicted octanol–water partition coefficient (Wildman–Crippen LogP) is 1.94. The van der Waals surface area contributed by atoms with E-state index >= 15 is 0 Å². The first-order valence-electron chi connectivity index (χ1n) is 6.71. The molecule has 1 aliphatic rings. The van der Waals surface area contributed by atoms with Crippen molar-refractivity contribution in [3.8, 4) is 0 Å². The molecule has 1 aromatic carbocycles. The van der Waals surface area contributed by atoms with Crippen LogP contribution in [0.25, 0.3) is 11.1 Å². The Kier molecular flexibility index (Phi) is 3.06. The molecule has 1 aliphatic heterocycles. The van der Waals surface area contributed by atoms with Gasteiger partial charge >= 0.3 is 0 Å². The molecule has 102 valence electrons. The number of oxazole rings is 1. The van der Waals surface area contributed by atoms with E-state index < -0.39 is 0 Å². The van der Waals surface area contributed by atoms with Gasteiger partial charge in [-0.1, -0.05) is 0 Å². The van der Waals surface area contributed by atoms with Crippen molar-refractivity contribution in [1.29, 1.82) is 0 Å². The smallest absolute Gasteiger partial charge is 0.298 e. The Morgan fingerprint density at radius 2 is 2.37 bits per heavy atom. The molecule has 5 nitrogen and oxygen atoms in total. The molecular formula is C14H20N4O. The number of hydrogen-bond acceptors (Lipinski definition) is 5. The lowest BCUT2D eigenvalue weighted by Crippen LogP contribution is -2.36. The molecule has 0 saturated carbocycles. The quantitative estimate of drug-likeness (QED) is 0.855. The topological polar surface area (TPSA) is 58.5 Å². The Hall–Kier alpha value is -1.75. The summed E-state index contributed by atoms with van der Waals surface area (Å²) in [5.41, 5.74) is 8.06. The number of nitrogen functional groups attached to an aromatic ring is 1. The molecule has 1 unspecified atom stereocenters. The first kappa shape index (κ1) is 12.3. The maximum atomic E-state index is 5.77. The number of nitrogens with two attached hydrogens (primary N) is 1. The highest BCUT2D eigenvalue weighted by atomic mass is 16.4. The number of likely N-dealkylation sites (N-methyl/N-ethyl adjacent to an activating group) is 2. The minimum atomic E-state index is 0.588. The zero-order chi connectivity index (χ0) is 13.4. The number of fused-ring (bicyclic) bond motifs is 1. The fourth-order valence-electron chi connectivity index (χ4n) is 2.70. The number of hydrogen-bond donors (Lipinski definition) is 1. The highest BCUT2D eigenvalue weighted by molar-refractivity contribution is 5.78. The minimum Gasteiger partial charge on any atom is -0.423 e. The van der Waals surface area contributed by atoms with E-state index in [1.807, 2.05) is 25.2 Å². The molecule has 1 saturated heterocycles. The highest BCUT2D eigenvalue weighted by Crippen LogP contribution is 2.24. The van der Waals surface area contributed by atoms with Crippen molar-refractivity contribution in [3.63, 3.8) is 0 Å². The Bertz CT molecular complexity index is 580. The van der Waals surface area contributed by atoms with Crippen molar-refractivity contribution in [2.45, 2.75) is 18.9 Å². The molecule has 2 heterocycles. The normalized spacial score (nSPS) is 20.2. The molecule has 0 amide bonds. The second kappa shape index (κ2) is 4.74. The van der Waals surface area contributed by atoms with Crippen molar-refractivity contribution >= 4 is 22.8 Å². The average molecular weight is 260 g/mol. The Morgan fingerprint density at radius 1 is 1.53 bits per heavy atom. The van der Waals surface area contributed by atoms with Gasteiger partial charge in [0.2, 0.25) is 0 Å². The minimum absolute atomic E-state index is 0.588. The molecule has 1 fully saturated rings. The third kappa shape index (κ3) is 2.38. The molecule has 19 heavy (non-hydrogen) atoms. The molecule has 2 aromatic rings. The standard InChI is InChI=1S/C14H20N4O/c1-17-7-3-4-11(17)9-18(2)14-16-12-6-5-10(15)8-13(12)19-14/h5-6,8,11H,3-4,7,9,15H2,1-2H3. The van der Waals surface area contributed by atoms with Crippen LogP contribution in [0.5, 0.6) is 0 Å². The fraction of sp³-hybridized carbons (Fsp3) is 0.500. The Labute approximate surface area is 113 Å². The number of rotatable bonds is 3. The first-order valence-corrected chi connectivity index (χ1v) is 6.71. The van der Waals surface area contributed by atoms with Crippen LogP contribution in [0, 0.1) is 0 Å². The average Bonchev–Trinajstić information content (AvgIpc) is 2.96. The van der Waals surface area contributed by atoms with E-state index in [-0.39, 0.29) is 0 Å². The predicted molar refractivity (Wildman–Crippen MR) is 77.3 cm³/mol. The van der Waals surface area contributed by atoms with Crippen molar-refractivity contribution in [3.05, 3.63) is 18.2 Å². The number of anilines is 2. The van der Waals surface area contributed by atoms with Gasteiger partial charge in [-0.05, 0) is 38.6 Å². The molecule has 1 aromatic heterocycles. The van der Waals surface area contributed by atoms with Gasteiger partial charge in [0.15, 0.2) is 5.58 Å². The summed E-state index contributed by atoms with van der Waals surface area (Å²) in [6, 6.07) is 6.82. The van der Waals surface area contributed by atoms with Crippen LogP contribution >= 0.6 is 0 Å². The molecule has 3 rings (SSSR count). The monoisotopic (exact) mass is 260 g/mol. The summed E-state index contributed by atoms with van der Waals surface area (Å²) in [6.45, 7) is 2.13. The molecule has 0 aliphatic carbocycles. The van der Waals surface area contributed by atoms with E-state index in [1.54, 1.807) is 0 Å². The number of aromatic nitrogens is 1. The summed E-state index contributed by atoms with van der Waals surface area (Å²) in [5, 5.41) is 0. The molecular weight excluding hydrogens is 240 g/mol. The van der Waals surface area contributed by atoms with Crippen molar-refractivity contribution in [2.75, 3.05) is 37.8 Å². The van der Waals surface area contributed by atoms with Gasteiger partial charge in [0.05, 0.1) is 0 Å². The van der Waals surface area contributed by atoms with Crippen LogP contribution in [-0.4, -0.2) is 43.1 Å². The second-order valence-corrected chi connectivity index (χ2v) is 5.38. The van der Waals surface area contributed by atoms with E-state index in [0.717, 1.165) is 17.6 Å². The fourth-order valence-corrected chi connectivity index (χ4v) is 2.70. The van der Waals surface area contributed by atoms with Gasteiger partial charge in [0.1, 0.15) is 5.52 Å². The van der Waals surface area contributed by atoms with Crippen LogP contribution in [0.15, 0.2) is 22.6 Å². The van der Waals surface area contributed by atoms with Gasteiger partial charge in [-0.15, -0.1) is 0 Å². The van der Waals surface area contributed by atoms with E-state index in [2.05, 4.69) is 21.8 Å². The second-order valence-electron chi connectivity index (χ2n) is 5.38. The van der Waals surface area contributed by atoms with Gasteiger partial charge in [0.25, 0.3) is 6.01 Å². The van der Waals surface area contributed by atoms with E-state index in [0.29, 0.717) is 17.7 Å². The van der Waals surface area contributed by atoms with E-state index in [1.165, 1.54) is 19.4 Å². The van der Waals surface area contributed by atoms with Crippen LogP contribution < -0.4 is 10.6 Å². The van der Waals surface area contributed by atoms with Crippen LogP contribution in [-0.2, 0) is 0 Å². The summed E-state index contributed by atoms with van der Waals surface area (Å²) >= 11 is 0. The zero-order valence-electron chi connectivity index (χ0n) is 11.5. The summed E-state index contributed by atoms with van der Waals surface area (Å²) in [6.07, 6.45) is 2.52. The van der Waals surface area contributed by atoms with Crippen LogP contribution in [0.1, 0.15) is 12.8 Å². The zero-order valence-corrected chi connectivity index (χ0v) is 11.5. The van der Waals surface area contributed by atoms with E-state index in [9.17, 15) is 0 Å². The summed E-state index contributed by atoms with van der Waals surface area (Å²) in [4.78, 5) is 8.99. The van der Waals surface area contributed by atoms with Crippen molar-refractivity contribution in [2.24, 2.45) is 0 Å². The van der Waals surface area contributed by atoms with Gasteiger partial charge in [-0.2, -0.15) is 4.98 Å². The summed E-state index contributed by atoms with van der Waals surface area (Å²) in [7, 11) is 4.21. The SMILES string of the molecule is CN(CC1CCCN1C)c1nc2ccc(N)cc2o1. The van der Waals surface area contributed by atoms with Gasteiger partial charge in [-0.25, -0.2) is 0 Å². The third-order valence-electron chi connectivity index (χ3n) is 3.88.